The van der Waals surface area contributed by atoms with Gasteiger partial charge in [-0.2, -0.15) is 17.6 Å². The third-order valence-corrected chi connectivity index (χ3v) is 11.0. The van der Waals surface area contributed by atoms with Crippen molar-refractivity contribution in [2.45, 2.75) is 102 Å². The van der Waals surface area contributed by atoms with Gasteiger partial charge < -0.3 is 9.47 Å². The smallest absolute Gasteiger partial charge is 0.422 e. The van der Waals surface area contributed by atoms with Crippen molar-refractivity contribution in [1.82, 2.24) is 0 Å². The Bertz CT molecular complexity index is 2450. The molecule has 0 spiro atoms. The highest BCUT2D eigenvalue weighted by Gasteiger charge is 2.38. The predicted molar refractivity (Wildman–Crippen MR) is 238 cm³/mol. The van der Waals surface area contributed by atoms with Crippen LogP contribution in [0.5, 0.6) is 11.5 Å². The van der Waals surface area contributed by atoms with E-state index in [1.165, 1.54) is 69.7 Å². The summed E-state index contributed by atoms with van der Waals surface area (Å²) < 4.78 is 183. The summed E-state index contributed by atoms with van der Waals surface area (Å²) in [5, 5.41) is 0. The number of hydrogen-bond acceptors (Lipinski definition) is 2. The molecule has 1 saturated carbocycles. The van der Waals surface area contributed by atoms with Crippen LogP contribution in [0.1, 0.15) is 112 Å². The molecule has 0 heterocycles. The van der Waals surface area contributed by atoms with E-state index in [1.54, 1.807) is 12.1 Å². The summed E-state index contributed by atoms with van der Waals surface area (Å²) in [6.07, 6.45) is 16.2. The predicted octanol–water partition coefficient (Wildman–Crippen LogP) is 17.1. The van der Waals surface area contributed by atoms with Crippen molar-refractivity contribution in [3.63, 3.8) is 0 Å². The lowest BCUT2D eigenvalue weighted by Crippen LogP contribution is -2.28. The fourth-order valence-corrected chi connectivity index (χ4v) is 7.69. The lowest BCUT2D eigenvalue weighted by molar-refractivity contribution is -0.176. The topological polar surface area (TPSA) is 18.5 Å². The van der Waals surface area contributed by atoms with E-state index in [0.29, 0.717) is 30.0 Å². The molecule has 7 rings (SSSR count). The minimum absolute atomic E-state index is 0.0371. The molecule has 1 fully saturated rings. The van der Waals surface area contributed by atoms with Crippen LogP contribution in [0.15, 0.2) is 115 Å². The second kappa shape index (κ2) is 25.3. The van der Waals surface area contributed by atoms with Gasteiger partial charge in [0, 0.05) is 35.8 Å². The summed E-state index contributed by atoms with van der Waals surface area (Å²) in [7, 11) is 0. The first-order valence-electron chi connectivity index (χ1n) is 21.6. The molecule has 0 bridgehead atoms. The van der Waals surface area contributed by atoms with Crippen molar-refractivity contribution in [1.29, 1.82) is 0 Å². The standard InChI is InChI=1S/C25H23F5O.C24H19F7O.C2H5F.C2H2/c26-22-14-21(15-23(27)24(22)28)31-25(29,30)20-12-10-19(11-13-20)18-8-6-17(7-9-18)16-4-2-1-3-5-16;1-14(19-8-7-16(10-20(19)26)15-5-3-2-4-6-15)9-17(25)13-24(30,31)32-18-11-21(27)23(29)22(28)12-18;1-2-3;1-2/h6-10,12,14-16H,1-5,11,13H2;2-3,5,7-12,14H,4,6,13H2,1H3;2H2,1H3;1-2H/b;17-9+;;. The molecule has 1 atom stereocenters. The molecule has 4 aromatic rings. The average Bonchev–Trinajstić information content (AvgIpc) is 3.31. The summed E-state index contributed by atoms with van der Waals surface area (Å²) in [5.74, 6) is -14.1. The van der Waals surface area contributed by atoms with Crippen LogP contribution in [0.3, 0.4) is 0 Å². The molecule has 0 radical (unpaired) electrons. The van der Waals surface area contributed by atoms with E-state index in [1.807, 2.05) is 30.4 Å². The Labute approximate surface area is 387 Å². The molecule has 364 valence electrons. The minimum atomic E-state index is -4.18. The molecule has 3 aliphatic rings. The van der Waals surface area contributed by atoms with E-state index in [4.69, 9.17) is 0 Å². The maximum absolute atomic E-state index is 14.6. The van der Waals surface area contributed by atoms with Gasteiger partial charge in [-0.25, -0.2) is 35.1 Å². The zero-order chi connectivity index (χ0) is 50.2. The van der Waals surface area contributed by atoms with Crippen LogP contribution in [-0.2, 0) is 0 Å². The lowest BCUT2D eigenvalue weighted by Gasteiger charge is -2.24. The first kappa shape index (κ1) is 54.4. The lowest BCUT2D eigenvalue weighted by atomic mass is 9.83. The maximum Gasteiger partial charge on any atom is 0.422 e. The number of benzene rings is 4. The molecular formula is C53H49F13O2. The van der Waals surface area contributed by atoms with Crippen LogP contribution in [0.4, 0.5) is 57.1 Å². The first-order valence-corrected chi connectivity index (χ1v) is 21.6. The van der Waals surface area contributed by atoms with Gasteiger partial charge in [0.05, 0.1) is 6.67 Å². The molecule has 0 amide bonds. The number of terminal acetylenes is 1. The van der Waals surface area contributed by atoms with Crippen LogP contribution >= 0.6 is 0 Å². The number of hydrogen-bond donors (Lipinski definition) is 0. The van der Waals surface area contributed by atoms with Gasteiger partial charge in [-0.3, -0.25) is 4.39 Å². The number of alkyl halides is 5. The van der Waals surface area contributed by atoms with Crippen LogP contribution in [0.2, 0.25) is 0 Å². The molecule has 3 aliphatic carbocycles. The van der Waals surface area contributed by atoms with Crippen molar-refractivity contribution in [3.05, 3.63) is 178 Å². The Balaban J connectivity index is 0.000000271. The Morgan fingerprint density at radius 1 is 0.676 bits per heavy atom. The van der Waals surface area contributed by atoms with Crippen LogP contribution in [-0.4, -0.2) is 18.9 Å². The molecule has 2 nitrogen and oxygen atoms in total. The van der Waals surface area contributed by atoms with Gasteiger partial charge in [-0.1, -0.05) is 93.0 Å². The van der Waals surface area contributed by atoms with Crippen molar-refractivity contribution >= 4 is 11.1 Å². The second-order valence-corrected chi connectivity index (χ2v) is 15.8. The van der Waals surface area contributed by atoms with E-state index >= 15 is 0 Å². The highest BCUT2D eigenvalue weighted by molar-refractivity contribution is 5.70. The van der Waals surface area contributed by atoms with Gasteiger partial charge in [0.2, 0.25) is 0 Å². The summed E-state index contributed by atoms with van der Waals surface area (Å²) in [6, 6.07) is 14.1. The maximum atomic E-state index is 14.6. The molecular weight excluding hydrogens is 916 g/mol. The van der Waals surface area contributed by atoms with Gasteiger partial charge >= 0.3 is 12.2 Å². The van der Waals surface area contributed by atoms with E-state index in [9.17, 15) is 57.1 Å². The third-order valence-electron chi connectivity index (χ3n) is 11.0. The Morgan fingerprint density at radius 3 is 1.71 bits per heavy atom. The van der Waals surface area contributed by atoms with Crippen molar-refractivity contribution in [2.24, 2.45) is 0 Å². The summed E-state index contributed by atoms with van der Waals surface area (Å²) >= 11 is 0. The van der Waals surface area contributed by atoms with Gasteiger partial charge in [-0.05, 0) is 96.9 Å². The van der Waals surface area contributed by atoms with Crippen LogP contribution in [0.25, 0.3) is 11.1 Å². The summed E-state index contributed by atoms with van der Waals surface area (Å²) in [4.78, 5) is 0. The quantitative estimate of drug-likeness (QED) is 0.0800. The molecule has 4 aromatic carbocycles. The van der Waals surface area contributed by atoms with Crippen LogP contribution < -0.4 is 9.47 Å². The van der Waals surface area contributed by atoms with Gasteiger partial charge in [0.15, 0.2) is 34.9 Å². The number of halogens is 13. The largest absolute Gasteiger partial charge is 0.432 e. The minimum Gasteiger partial charge on any atom is -0.432 e. The molecule has 0 aliphatic heterocycles. The van der Waals surface area contributed by atoms with E-state index in [2.05, 4.69) is 34.5 Å². The molecule has 15 heteroatoms. The van der Waals surface area contributed by atoms with Crippen LogP contribution in [0, 0.1) is 53.6 Å². The zero-order valence-corrected chi connectivity index (χ0v) is 37.1. The normalized spacial score (nSPS) is 15.7. The Kier molecular flexibility index (Phi) is 20.2. The van der Waals surface area contributed by atoms with Crippen molar-refractivity contribution in [3.8, 4) is 24.3 Å². The van der Waals surface area contributed by atoms with E-state index in [0.717, 1.165) is 35.6 Å². The Morgan fingerprint density at radius 2 is 1.21 bits per heavy atom. The van der Waals surface area contributed by atoms with Gasteiger partial charge in [-0.15, -0.1) is 12.8 Å². The molecule has 0 N–H and O–H groups in total. The number of rotatable bonds is 12. The number of ether oxygens (including phenoxy) is 2. The fraction of sp³-hybridized carbons (Fsp3) is 0.321. The molecule has 68 heavy (non-hydrogen) atoms. The zero-order valence-electron chi connectivity index (χ0n) is 37.1. The molecule has 0 aromatic heterocycles. The molecule has 1 unspecified atom stereocenters. The number of allylic oxidation sites excluding steroid dienone is 8. The van der Waals surface area contributed by atoms with E-state index in [-0.39, 0.29) is 36.4 Å². The van der Waals surface area contributed by atoms with Crippen molar-refractivity contribution < 1.29 is 66.5 Å². The average molecular weight is 965 g/mol. The SMILES string of the molecule is C#C.CC(/C=C(/F)CC(F)(F)Oc1cc(F)c(F)c(F)c1)c1ccc(C2=CC=CCC2)cc1F.CCF.Fc1cc(OC(F)(F)C2=CC=C(c3ccc(C4CCCCC4)cc3)CC2)cc(F)c1F. The van der Waals surface area contributed by atoms with Gasteiger partial charge in [0.1, 0.15) is 29.6 Å². The first-order chi connectivity index (χ1) is 32.3. The van der Waals surface area contributed by atoms with Crippen molar-refractivity contribution in [2.75, 3.05) is 6.67 Å². The Hall–Kier alpha value is -6.17. The highest BCUT2D eigenvalue weighted by atomic mass is 19.3. The van der Waals surface area contributed by atoms with Gasteiger partial charge in [0.25, 0.3) is 0 Å². The van der Waals surface area contributed by atoms with E-state index < -0.39 is 82.6 Å². The monoisotopic (exact) mass is 964 g/mol. The summed E-state index contributed by atoms with van der Waals surface area (Å²) in [5.41, 5.74) is 4.71. The second-order valence-electron chi connectivity index (χ2n) is 15.8. The third kappa shape index (κ3) is 15.4. The molecule has 0 saturated heterocycles. The highest BCUT2D eigenvalue weighted by Crippen LogP contribution is 2.39. The fourth-order valence-electron chi connectivity index (χ4n) is 7.69. The summed E-state index contributed by atoms with van der Waals surface area (Å²) in [6.45, 7) is 2.64.